The number of piperazine rings is 1. The molecule has 2 aliphatic rings. The molecule has 1 unspecified atom stereocenters. The summed E-state index contributed by atoms with van der Waals surface area (Å²) < 4.78 is 5.87. The molecule has 2 rings (SSSR count). The van der Waals surface area contributed by atoms with Gasteiger partial charge in [-0.3, -0.25) is 4.90 Å². The fraction of sp³-hybridized carbons (Fsp3) is 1.00. The van der Waals surface area contributed by atoms with Gasteiger partial charge in [-0.15, -0.1) is 0 Å². The number of hydrogen-bond donors (Lipinski definition) is 2. The molecule has 0 amide bonds. The largest absolute Gasteiger partial charge is 0.372 e. The third-order valence-corrected chi connectivity index (χ3v) is 3.54. The van der Waals surface area contributed by atoms with Crippen LogP contribution < -0.4 is 11.1 Å². The van der Waals surface area contributed by atoms with E-state index in [4.69, 9.17) is 10.5 Å². The lowest BCUT2D eigenvalue weighted by atomic mass is 10.1. The van der Waals surface area contributed by atoms with Gasteiger partial charge in [-0.05, 0) is 19.8 Å². The molecule has 4 nitrogen and oxygen atoms in total. The molecule has 0 aromatic carbocycles. The van der Waals surface area contributed by atoms with Crippen LogP contribution in [0.3, 0.4) is 0 Å². The van der Waals surface area contributed by atoms with E-state index in [1.165, 1.54) is 6.42 Å². The van der Waals surface area contributed by atoms with Crippen molar-refractivity contribution in [1.29, 1.82) is 0 Å². The van der Waals surface area contributed by atoms with Crippen molar-refractivity contribution < 1.29 is 4.74 Å². The molecule has 0 aromatic rings. The number of ether oxygens (including phenoxy) is 1. The van der Waals surface area contributed by atoms with E-state index in [0.29, 0.717) is 24.8 Å². The van der Waals surface area contributed by atoms with Crippen LogP contribution in [0.2, 0.25) is 0 Å². The van der Waals surface area contributed by atoms with Crippen molar-refractivity contribution in [3.63, 3.8) is 0 Å². The molecule has 2 saturated heterocycles. The molecule has 3 atom stereocenters. The van der Waals surface area contributed by atoms with Crippen molar-refractivity contribution in [2.75, 3.05) is 32.7 Å². The Bertz CT molecular complexity index is 200. The summed E-state index contributed by atoms with van der Waals surface area (Å²) in [7, 11) is 0. The zero-order valence-electron chi connectivity index (χ0n) is 9.61. The molecule has 0 radical (unpaired) electrons. The van der Waals surface area contributed by atoms with Crippen LogP contribution in [-0.4, -0.2) is 55.9 Å². The van der Waals surface area contributed by atoms with Crippen LogP contribution in [0.25, 0.3) is 0 Å². The second-order valence-corrected chi connectivity index (χ2v) is 4.74. The maximum Gasteiger partial charge on any atom is 0.0707 e. The van der Waals surface area contributed by atoms with Gasteiger partial charge in [0.2, 0.25) is 0 Å². The number of nitrogens with one attached hydrogen (secondary N) is 1. The van der Waals surface area contributed by atoms with Gasteiger partial charge in [-0.1, -0.05) is 0 Å². The van der Waals surface area contributed by atoms with Gasteiger partial charge < -0.3 is 15.8 Å². The van der Waals surface area contributed by atoms with Gasteiger partial charge in [-0.25, -0.2) is 0 Å². The van der Waals surface area contributed by atoms with Crippen LogP contribution in [0.4, 0.5) is 0 Å². The van der Waals surface area contributed by atoms with Gasteiger partial charge in [0.15, 0.2) is 0 Å². The summed E-state index contributed by atoms with van der Waals surface area (Å²) in [4.78, 5) is 2.53. The predicted octanol–water partition coefficient (Wildman–Crippen LogP) is -0.214. The second-order valence-electron chi connectivity index (χ2n) is 4.74. The highest BCUT2D eigenvalue weighted by Crippen LogP contribution is 2.20. The van der Waals surface area contributed by atoms with E-state index in [-0.39, 0.29) is 0 Å². The van der Waals surface area contributed by atoms with Gasteiger partial charge in [-0.2, -0.15) is 0 Å². The van der Waals surface area contributed by atoms with Crippen LogP contribution in [0.5, 0.6) is 0 Å². The molecule has 2 heterocycles. The zero-order chi connectivity index (χ0) is 10.7. The fourth-order valence-electron chi connectivity index (χ4n) is 2.50. The lowest BCUT2D eigenvalue weighted by molar-refractivity contribution is 0.0152. The Hall–Kier alpha value is -0.160. The standard InChI is InChI=1S/C11H23N3O/c1-9-7-13-4-5-14(9)8-11-3-2-10(6-12)15-11/h9-11,13H,2-8,12H2,1H3/t9?,10-,11+/m1/s1. The molecule has 3 N–H and O–H groups in total. The molecule has 0 saturated carbocycles. The van der Waals surface area contributed by atoms with Crippen molar-refractivity contribution >= 4 is 0 Å². The predicted molar refractivity (Wildman–Crippen MR) is 60.9 cm³/mol. The first-order valence-corrected chi connectivity index (χ1v) is 6.10. The van der Waals surface area contributed by atoms with Crippen molar-refractivity contribution in [2.45, 2.75) is 38.0 Å². The molecule has 88 valence electrons. The van der Waals surface area contributed by atoms with Crippen molar-refractivity contribution in [1.82, 2.24) is 10.2 Å². The molecule has 0 spiro atoms. The van der Waals surface area contributed by atoms with Crippen LogP contribution in [0, 0.1) is 0 Å². The smallest absolute Gasteiger partial charge is 0.0707 e. The van der Waals surface area contributed by atoms with E-state index in [1.807, 2.05) is 0 Å². The van der Waals surface area contributed by atoms with Crippen LogP contribution >= 0.6 is 0 Å². The summed E-state index contributed by atoms with van der Waals surface area (Å²) in [6.07, 6.45) is 3.05. The first-order chi connectivity index (χ1) is 7.29. The molecule has 4 heteroatoms. The molecule has 0 bridgehead atoms. The highest BCUT2D eigenvalue weighted by molar-refractivity contribution is 4.82. The lowest BCUT2D eigenvalue weighted by Gasteiger charge is -2.35. The Morgan fingerprint density at radius 1 is 1.40 bits per heavy atom. The number of hydrogen-bond acceptors (Lipinski definition) is 4. The molecular formula is C11H23N3O. The summed E-state index contributed by atoms with van der Waals surface area (Å²) in [6.45, 7) is 7.40. The Labute approximate surface area is 92.1 Å². The monoisotopic (exact) mass is 213 g/mol. The van der Waals surface area contributed by atoms with Crippen LogP contribution in [-0.2, 0) is 4.74 Å². The summed E-state index contributed by atoms with van der Waals surface area (Å²) in [6, 6.07) is 0.638. The van der Waals surface area contributed by atoms with Crippen molar-refractivity contribution in [2.24, 2.45) is 5.73 Å². The van der Waals surface area contributed by atoms with E-state index in [1.54, 1.807) is 0 Å². The fourth-order valence-corrected chi connectivity index (χ4v) is 2.50. The average Bonchev–Trinajstić information content (AvgIpc) is 2.69. The van der Waals surface area contributed by atoms with Gasteiger partial charge in [0, 0.05) is 38.8 Å². The Morgan fingerprint density at radius 3 is 2.87 bits per heavy atom. The quantitative estimate of drug-likeness (QED) is 0.681. The minimum Gasteiger partial charge on any atom is -0.372 e. The summed E-state index contributed by atoms with van der Waals surface area (Å²) in [5.41, 5.74) is 5.61. The average molecular weight is 213 g/mol. The highest BCUT2D eigenvalue weighted by atomic mass is 16.5. The van der Waals surface area contributed by atoms with E-state index in [9.17, 15) is 0 Å². The van der Waals surface area contributed by atoms with E-state index in [2.05, 4.69) is 17.1 Å². The SMILES string of the molecule is CC1CNCCN1C[C@@H]1CC[C@H](CN)O1. The van der Waals surface area contributed by atoms with Gasteiger partial charge in [0.25, 0.3) is 0 Å². The zero-order valence-corrected chi connectivity index (χ0v) is 9.61. The van der Waals surface area contributed by atoms with Crippen molar-refractivity contribution in [3.05, 3.63) is 0 Å². The van der Waals surface area contributed by atoms with E-state index >= 15 is 0 Å². The highest BCUT2D eigenvalue weighted by Gasteiger charge is 2.28. The summed E-state index contributed by atoms with van der Waals surface area (Å²) in [5.74, 6) is 0. The molecular weight excluding hydrogens is 190 g/mol. The lowest BCUT2D eigenvalue weighted by Crippen LogP contribution is -2.51. The van der Waals surface area contributed by atoms with Gasteiger partial charge in [0.1, 0.15) is 0 Å². The summed E-state index contributed by atoms with van der Waals surface area (Å²) >= 11 is 0. The van der Waals surface area contributed by atoms with Crippen LogP contribution in [0.15, 0.2) is 0 Å². The van der Waals surface area contributed by atoms with Crippen molar-refractivity contribution in [3.8, 4) is 0 Å². The van der Waals surface area contributed by atoms with Gasteiger partial charge in [0.05, 0.1) is 12.2 Å². The second kappa shape index (κ2) is 5.25. The van der Waals surface area contributed by atoms with E-state index in [0.717, 1.165) is 32.6 Å². The molecule has 2 aliphatic heterocycles. The molecule has 0 aromatic heterocycles. The molecule has 2 fully saturated rings. The number of nitrogens with zero attached hydrogens (tertiary/aromatic N) is 1. The molecule has 0 aliphatic carbocycles. The minimum atomic E-state index is 0.313. The minimum absolute atomic E-state index is 0.313. The maximum atomic E-state index is 5.87. The molecule has 15 heavy (non-hydrogen) atoms. The Balaban J connectivity index is 1.76. The third kappa shape index (κ3) is 2.91. The van der Waals surface area contributed by atoms with Crippen LogP contribution in [0.1, 0.15) is 19.8 Å². The Morgan fingerprint density at radius 2 is 2.20 bits per heavy atom. The topological polar surface area (TPSA) is 50.5 Å². The number of rotatable bonds is 3. The summed E-state index contributed by atoms with van der Waals surface area (Å²) in [5, 5.41) is 3.41. The maximum absolute atomic E-state index is 5.87. The number of nitrogens with two attached hydrogens (primary N) is 1. The third-order valence-electron chi connectivity index (χ3n) is 3.54. The first-order valence-electron chi connectivity index (χ1n) is 6.10. The Kier molecular flexibility index (Phi) is 3.97. The van der Waals surface area contributed by atoms with Gasteiger partial charge >= 0.3 is 0 Å². The normalized spacial score (nSPS) is 38.4. The first kappa shape index (κ1) is 11.3. The van der Waals surface area contributed by atoms with E-state index < -0.39 is 0 Å².